The fourth-order valence-corrected chi connectivity index (χ4v) is 3.43. The maximum atomic E-state index is 12.0. The van der Waals surface area contributed by atoms with Crippen molar-refractivity contribution in [1.29, 1.82) is 0 Å². The van der Waals surface area contributed by atoms with Gasteiger partial charge in [-0.3, -0.25) is 0 Å². The van der Waals surface area contributed by atoms with Crippen LogP contribution in [0.2, 0.25) is 0 Å². The van der Waals surface area contributed by atoms with E-state index in [2.05, 4.69) is 20.4 Å². The van der Waals surface area contributed by atoms with Crippen molar-refractivity contribution in [3.05, 3.63) is 12.7 Å². The van der Waals surface area contributed by atoms with E-state index in [4.69, 9.17) is 4.74 Å². The van der Waals surface area contributed by atoms with Crippen LogP contribution in [-0.4, -0.2) is 44.3 Å². The topological polar surface area (TPSA) is 46.6 Å². The molecule has 0 N–H and O–H groups in total. The molecule has 4 nitrogen and oxygen atoms in total. The minimum Gasteiger partial charge on any atom is -0.379 e. The molecule has 0 aromatic carbocycles. The van der Waals surface area contributed by atoms with Gasteiger partial charge in [0.1, 0.15) is 0 Å². The summed E-state index contributed by atoms with van der Waals surface area (Å²) in [5, 5.41) is 0. The summed E-state index contributed by atoms with van der Waals surface area (Å²) in [6.07, 6.45) is 2.46. The lowest BCUT2D eigenvalue weighted by Crippen LogP contribution is -2.42. The summed E-state index contributed by atoms with van der Waals surface area (Å²) < 4.78 is 30.9. The minimum atomic E-state index is -3.18. The molecule has 1 fully saturated rings. The number of rotatable bonds is 4. The van der Waals surface area contributed by atoms with Crippen molar-refractivity contribution in [2.24, 2.45) is 5.92 Å². The maximum absolute atomic E-state index is 12.0. The molecule has 94 valence electrons. The fourth-order valence-electron chi connectivity index (χ4n) is 1.93. The molecule has 0 aliphatic carbocycles. The number of ether oxygens (including phenoxy) is 1. The van der Waals surface area contributed by atoms with Gasteiger partial charge in [-0.25, -0.2) is 8.42 Å². The Morgan fingerprint density at radius 2 is 2.25 bits per heavy atom. The third kappa shape index (κ3) is 3.57. The fraction of sp³-hybridized carbons (Fsp3) is 0.818. The van der Waals surface area contributed by atoms with E-state index < -0.39 is 10.0 Å². The van der Waals surface area contributed by atoms with Crippen molar-refractivity contribution < 1.29 is 13.2 Å². The standard InChI is InChI=1S/C11H21NO3S/c1-4-5-12-11(8-10(2)3)9-15-6-7-16(12,13)14/h4,10-11H,1,5-9H2,2-3H3/t11-/m0/s1. The second kappa shape index (κ2) is 5.80. The summed E-state index contributed by atoms with van der Waals surface area (Å²) in [5.41, 5.74) is 0. The lowest BCUT2D eigenvalue weighted by molar-refractivity contribution is 0.105. The molecule has 0 radical (unpaired) electrons. The van der Waals surface area contributed by atoms with Gasteiger partial charge in [-0.05, 0) is 12.3 Å². The maximum Gasteiger partial charge on any atom is 0.216 e. The van der Waals surface area contributed by atoms with Crippen molar-refractivity contribution in [3.63, 3.8) is 0 Å². The zero-order chi connectivity index (χ0) is 12.2. The van der Waals surface area contributed by atoms with E-state index in [9.17, 15) is 8.42 Å². The van der Waals surface area contributed by atoms with Gasteiger partial charge >= 0.3 is 0 Å². The van der Waals surface area contributed by atoms with Crippen molar-refractivity contribution in [1.82, 2.24) is 4.31 Å². The lowest BCUT2D eigenvalue weighted by Gasteiger charge is -2.28. The Hall–Kier alpha value is -0.390. The molecular formula is C11H21NO3S. The second-order valence-corrected chi connectivity index (χ2v) is 6.57. The van der Waals surface area contributed by atoms with Gasteiger partial charge in [-0.1, -0.05) is 19.9 Å². The lowest BCUT2D eigenvalue weighted by atomic mass is 10.0. The molecule has 0 unspecified atom stereocenters. The van der Waals surface area contributed by atoms with E-state index in [1.165, 1.54) is 4.31 Å². The third-order valence-electron chi connectivity index (χ3n) is 2.61. The average molecular weight is 247 g/mol. The van der Waals surface area contributed by atoms with E-state index in [1.54, 1.807) is 6.08 Å². The van der Waals surface area contributed by atoms with E-state index in [0.717, 1.165) is 6.42 Å². The number of nitrogens with zero attached hydrogens (tertiary/aromatic N) is 1. The zero-order valence-electron chi connectivity index (χ0n) is 10.1. The average Bonchev–Trinajstić information content (AvgIpc) is 2.29. The molecule has 0 aromatic rings. The molecular weight excluding hydrogens is 226 g/mol. The van der Waals surface area contributed by atoms with Crippen LogP contribution in [0.4, 0.5) is 0 Å². The van der Waals surface area contributed by atoms with Crippen molar-refractivity contribution >= 4 is 10.0 Å². The first-order valence-corrected chi connectivity index (χ1v) is 7.26. The highest BCUT2D eigenvalue weighted by molar-refractivity contribution is 7.89. The van der Waals surface area contributed by atoms with Gasteiger partial charge in [0.2, 0.25) is 10.0 Å². The van der Waals surface area contributed by atoms with E-state index >= 15 is 0 Å². The smallest absolute Gasteiger partial charge is 0.216 e. The Morgan fingerprint density at radius 1 is 1.56 bits per heavy atom. The highest BCUT2D eigenvalue weighted by atomic mass is 32.2. The number of hydrogen-bond donors (Lipinski definition) is 0. The summed E-state index contributed by atoms with van der Waals surface area (Å²) in [6.45, 7) is 8.96. The number of sulfonamides is 1. The molecule has 5 heteroatoms. The Labute approximate surface area is 98.3 Å². The first kappa shape index (κ1) is 13.7. The van der Waals surface area contributed by atoms with Crippen LogP contribution in [0, 0.1) is 5.92 Å². The van der Waals surface area contributed by atoms with Crippen molar-refractivity contribution in [3.8, 4) is 0 Å². The first-order valence-electron chi connectivity index (χ1n) is 5.65. The zero-order valence-corrected chi connectivity index (χ0v) is 10.9. The predicted molar refractivity (Wildman–Crippen MR) is 64.8 cm³/mol. The molecule has 1 rings (SSSR count). The third-order valence-corrected chi connectivity index (χ3v) is 4.46. The molecule has 1 atom stereocenters. The normalized spacial score (nSPS) is 26.6. The Balaban J connectivity index is 2.88. The molecule has 0 amide bonds. The quantitative estimate of drug-likeness (QED) is 0.702. The largest absolute Gasteiger partial charge is 0.379 e. The Kier molecular flexibility index (Phi) is 4.95. The molecule has 0 spiro atoms. The molecule has 0 aromatic heterocycles. The van der Waals surface area contributed by atoms with Crippen LogP contribution < -0.4 is 0 Å². The van der Waals surface area contributed by atoms with Crippen LogP contribution in [0.15, 0.2) is 12.7 Å². The van der Waals surface area contributed by atoms with Crippen LogP contribution in [0.25, 0.3) is 0 Å². The Bertz CT molecular complexity index is 324. The molecule has 1 heterocycles. The number of hydrogen-bond acceptors (Lipinski definition) is 3. The molecule has 16 heavy (non-hydrogen) atoms. The highest BCUT2D eigenvalue weighted by Gasteiger charge is 2.31. The summed E-state index contributed by atoms with van der Waals surface area (Å²) in [5.74, 6) is 0.532. The van der Waals surface area contributed by atoms with Gasteiger partial charge < -0.3 is 4.74 Å². The molecule has 0 bridgehead atoms. The molecule has 1 aliphatic rings. The summed E-state index contributed by atoms with van der Waals surface area (Å²) in [4.78, 5) is 0. The van der Waals surface area contributed by atoms with Crippen molar-refractivity contribution in [2.45, 2.75) is 26.3 Å². The summed E-state index contributed by atoms with van der Waals surface area (Å²) >= 11 is 0. The van der Waals surface area contributed by atoms with Gasteiger partial charge in [0.15, 0.2) is 0 Å². The van der Waals surface area contributed by atoms with Crippen LogP contribution >= 0.6 is 0 Å². The SMILES string of the molecule is C=CCN1[C@@H](CC(C)C)COCCS1(=O)=O. The highest BCUT2D eigenvalue weighted by Crippen LogP contribution is 2.19. The molecule has 1 aliphatic heterocycles. The van der Waals surface area contributed by atoms with Gasteiger partial charge in [-0.15, -0.1) is 6.58 Å². The van der Waals surface area contributed by atoms with Crippen LogP contribution in [0.3, 0.4) is 0 Å². The predicted octanol–water partition coefficient (Wildman–Crippen LogP) is 1.25. The van der Waals surface area contributed by atoms with E-state index in [0.29, 0.717) is 25.7 Å². The second-order valence-electron chi connectivity index (χ2n) is 4.53. The van der Waals surface area contributed by atoms with Gasteiger partial charge in [0.05, 0.1) is 19.0 Å². The van der Waals surface area contributed by atoms with Crippen LogP contribution in [0.1, 0.15) is 20.3 Å². The van der Waals surface area contributed by atoms with E-state index in [1.807, 2.05) is 0 Å². The van der Waals surface area contributed by atoms with Gasteiger partial charge in [-0.2, -0.15) is 4.31 Å². The van der Waals surface area contributed by atoms with Gasteiger partial charge in [0, 0.05) is 12.6 Å². The van der Waals surface area contributed by atoms with Crippen molar-refractivity contribution in [2.75, 3.05) is 25.5 Å². The summed E-state index contributed by atoms with van der Waals surface area (Å²) in [7, 11) is -3.18. The molecule has 1 saturated heterocycles. The minimum absolute atomic E-state index is 0.0505. The first-order chi connectivity index (χ1) is 7.47. The Morgan fingerprint density at radius 3 is 2.81 bits per heavy atom. The molecule has 0 saturated carbocycles. The monoisotopic (exact) mass is 247 g/mol. The van der Waals surface area contributed by atoms with E-state index in [-0.39, 0.29) is 11.8 Å². The summed E-state index contributed by atoms with van der Waals surface area (Å²) in [6, 6.07) is -0.0505. The van der Waals surface area contributed by atoms with Gasteiger partial charge in [0.25, 0.3) is 0 Å². The van der Waals surface area contributed by atoms with Crippen LogP contribution in [0.5, 0.6) is 0 Å². The van der Waals surface area contributed by atoms with Crippen LogP contribution in [-0.2, 0) is 14.8 Å².